The molecular formula is C29H31NO6. The molecular weight excluding hydrogens is 458 g/mol. The summed E-state index contributed by atoms with van der Waals surface area (Å²) in [5, 5.41) is 3.26. The molecule has 7 nitrogen and oxygen atoms in total. The number of ketones is 1. The second-order valence-electron chi connectivity index (χ2n) is 9.10. The molecule has 0 radical (unpaired) electrons. The van der Waals surface area contributed by atoms with E-state index in [1.807, 2.05) is 61.5 Å². The molecule has 0 aromatic heterocycles. The smallest absolute Gasteiger partial charge is 0.336 e. The highest BCUT2D eigenvalue weighted by molar-refractivity contribution is 6.12. The van der Waals surface area contributed by atoms with Gasteiger partial charge >= 0.3 is 11.9 Å². The SMILES string of the molecule is CCOC(=O)C1=C(C)NC2=C(C(=O)[C@H](C(=O)OC)[C@@H](C)C2)[C@H]1c1cccc(OCc2ccccc2)c1. The molecule has 0 fully saturated rings. The van der Waals surface area contributed by atoms with Crippen LogP contribution < -0.4 is 10.1 Å². The number of rotatable bonds is 7. The highest BCUT2D eigenvalue weighted by atomic mass is 16.5. The third-order valence-electron chi connectivity index (χ3n) is 6.68. The topological polar surface area (TPSA) is 90.9 Å². The predicted octanol–water partition coefficient (Wildman–Crippen LogP) is 4.44. The molecule has 2 aromatic carbocycles. The van der Waals surface area contributed by atoms with E-state index < -0.39 is 23.8 Å². The Bertz CT molecular complexity index is 1230. The van der Waals surface area contributed by atoms with E-state index in [0.29, 0.717) is 41.2 Å². The predicted molar refractivity (Wildman–Crippen MR) is 134 cm³/mol. The van der Waals surface area contributed by atoms with Crippen molar-refractivity contribution in [3.8, 4) is 5.75 Å². The van der Waals surface area contributed by atoms with Crippen molar-refractivity contribution in [2.45, 2.75) is 39.7 Å². The summed E-state index contributed by atoms with van der Waals surface area (Å²) in [7, 11) is 1.28. The van der Waals surface area contributed by atoms with Gasteiger partial charge in [-0.3, -0.25) is 9.59 Å². The van der Waals surface area contributed by atoms with E-state index in [-0.39, 0.29) is 18.3 Å². The second-order valence-corrected chi connectivity index (χ2v) is 9.10. The lowest BCUT2D eigenvalue weighted by Gasteiger charge is -2.38. The van der Waals surface area contributed by atoms with E-state index in [1.54, 1.807) is 13.8 Å². The van der Waals surface area contributed by atoms with Gasteiger partial charge in [-0.15, -0.1) is 0 Å². The molecule has 0 bridgehead atoms. The molecule has 1 aliphatic carbocycles. The Morgan fingerprint density at radius 1 is 1.08 bits per heavy atom. The first-order valence-corrected chi connectivity index (χ1v) is 12.1. The van der Waals surface area contributed by atoms with Gasteiger partial charge in [-0.2, -0.15) is 0 Å². The Hall–Kier alpha value is -3.87. The highest BCUT2D eigenvalue weighted by Gasteiger charge is 2.47. The Morgan fingerprint density at radius 3 is 2.53 bits per heavy atom. The number of esters is 2. The van der Waals surface area contributed by atoms with Gasteiger partial charge in [0.05, 0.1) is 19.3 Å². The van der Waals surface area contributed by atoms with E-state index in [1.165, 1.54) is 7.11 Å². The molecule has 36 heavy (non-hydrogen) atoms. The van der Waals surface area contributed by atoms with Gasteiger partial charge in [0.25, 0.3) is 0 Å². The van der Waals surface area contributed by atoms with Crippen LogP contribution in [-0.2, 0) is 30.5 Å². The van der Waals surface area contributed by atoms with E-state index >= 15 is 0 Å². The molecule has 1 heterocycles. The van der Waals surface area contributed by atoms with Gasteiger partial charge in [-0.25, -0.2) is 4.79 Å². The van der Waals surface area contributed by atoms with Crippen LogP contribution in [0.2, 0.25) is 0 Å². The molecule has 2 aliphatic rings. The summed E-state index contributed by atoms with van der Waals surface area (Å²) in [6.07, 6.45) is 0.481. The maximum absolute atomic E-state index is 13.8. The van der Waals surface area contributed by atoms with Crippen LogP contribution in [0.1, 0.15) is 44.2 Å². The van der Waals surface area contributed by atoms with Crippen LogP contribution in [0.3, 0.4) is 0 Å². The normalized spacial score (nSPS) is 21.4. The standard InChI is InChI=1S/C29H31NO6/c1-5-35-29(33)24-18(3)30-22-14-17(2)23(28(32)34-4)27(31)26(22)25(24)20-12-9-13-21(15-20)36-16-19-10-7-6-8-11-19/h6-13,15,17,23,25,30H,5,14,16H2,1-4H3/t17-,23+,25-/m0/s1. The Balaban J connectivity index is 1.77. The van der Waals surface area contributed by atoms with Crippen LogP contribution in [0.4, 0.5) is 0 Å². The Labute approximate surface area is 211 Å². The average Bonchev–Trinajstić information content (AvgIpc) is 2.87. The number of nitrogens with one attached hydrogen (secondary N) is 1. The van der Waals surface area contributed by atoms with Gasteiger partial charge in [0.15, 0.2) is 5.78 Å². The lowest BCUT2D eigenvalue weighted by Crippen LogP contribution is -2.43. The molecule has 1 aliphatic heterocycles. The minimum atomic E-state index is -0.933. The molecule has 0 amide bonds. The van der Waals surface area contributed by atoms with Crippen LogP contribution in [0, 0.1) is 11.8 Å². The lowest BCUT2D eigenvalue weighted by atomic mass is 9.69. The van der Waals surface area contributed by atoms with Crippen LogP contribution >= 0.6 is 0 Å². The van der Waals surface area contributed by atoms with Crippen molar-refractivity contribution in [2.24, 2.45) is 11.8 Å². The van der Waals surface area contributed by atoms with Crippen molar-refractivity contribution in [3.05, 3.63) is 88.3 Å². The summed E-state index contributed by atoms with van der Waals surface area (Å²) >= 11 is 0. The molecule has 3 atom stereocenters. The van der Waals surface area contributed by atoms with Gasteiger partial charge in [0.2, 0.25) is 0 Å². The minimum absolute atomic E-state index is 0.199. The summed E-state index contributed by atoms with van der Waals surface area (Å²) in [5.41, 5.74) is 3.83. The fourth-order valence-corrected chi connectivity index (χ4v) is 5.02. The average molecular weight is 490 g/mol. The molecule has 7 heteroatoms. The van der Waals surface area contributed by atoms with E-state index in [2.05, 4.69) is 5.32 Å². The molecule has 4 rings (SSSR count). The van der Waals surface area contributed by atoms with Crippen molar-refractivity contribution in [3.63, 3.8) is 0 Å². The quantitative estimate of drug-likeness (QED) is 0.454. The lowest BCUT2D eigenvalue weighted by molar-refractivity contribution is -0.151. The number of ether oxygens (including phenoxy) is 3. The molecule has 0 spiro atoms. The van der Waals surface area contributed by atoms with Gasteiger partial charge < -0.3 is 19.5 Å². The Kier molecular flexibility index (Phi) is 7.58. The zero-order valence-corrected chi connectivity index (χ0v) is 21.0. The third-order valence-corrected chi connectivity index (χ3v) is 6.68. The molecule has 188 valence electrons. The zero-order valence-electron chi connectivity index (χ0n) is 21.0. The number of hydrogen-bond acceptors (Lipinski definition) is 7. The first-order chi connectivity index (χ1) is 17.3. The van der Waals surface area contributed by atoms with Crippen molar-refractivity contribution in [2.75, 3.05) is 13.7 Å². The van der Waals surface area contributed by atoms with E-state index in [9.17, 15) is 14.4 Å². The fraction of sp³-hybridized carbons (Fsp3) is 0.345. The van der Waals surface area contributed by atoms with Gasteiger partial charge in [0, 0.05) is 22.9 Å². The van der Waals surface area contributed by atoms with Crippen molar-refractivity contribution >= 4 is 17.7 Å². The van der Waals surface area contributed by atoms with Crippen molar-refractivity contribution in [1.29, 1.82) is 0 Å². The van der Waals surface area contributed by atoms with Gasteiger partial charge in [0.1, 0.15) is 18.3 Å². The Morgan fingerprint density at radius 2 is 1.83 bits per heavy atom. The molecule has 2 aromatic rings. The summed E-state index contributed by atoms with van der Waals surface area (Å²) in [6.45, 7) is 5.98. The van der Waals surface area contributed by atoms with E-state index in [4.69, 9.17) is 14.2 Å². The van der Waals surface area contributed by atoms with E-state index in [0.717, 1.165) is 11.3 Å². The first kappa shape index (κ1) is 25.2. The number of methoxy groups -OCH3 is 1. The summed E-state index contributed by atoms with van der Waals surface area (Å²) in [5.74, 6) is -2.67. The number of benzene rings is 2. The summed E-state index contributed by atoms with van der Waals surface area (Å²) in [4.78, 5) is 39.5. The summed E-state index contributed by atoms with van der Waals surface area (Å²) in [6, 6.07) is 17.2. The monoisotopic (exact) mass is 489 g/mol. The fourth-order valence-electron chi connectivity index (χ4n) is 5.02. The van der Waals surface area contributed by atoms with Crippen LogP contribution in [0.15, 0.2) is 77.1 Å². The molecule has 0 saturated heterocycles. The van der Waals surface area contributed by atoms with Gasteiger partial charge in [-0.1, -0.05) is 49.4 Å². The van der Waals surface area contributed by atoms with Gasteiger partial charge in [-0.05, 0) is 49.4 Å². The largest absolute Gasteiger partial charge is 0.489 e. The third kappa shape index (κ3) is 4.91. The first-order valence-electron chi connectivity index (χ1n) is 12.1. The maximum Gasteiger partial charge on any atom is 0.336 e. The van der Waals surface area contributed by atoms with Crippen LogP contribution in [-0.4, -0.2) is 31.4 Å². The minimum Gasteiger partial charge on any atom is -0.489 e. The second kappa shape index (κ2) is 10.8. The molecule has 1 N–H and O–H groups in total. The number of Topliss-reactive ketones (excluding diaryl/α,β-unsaturated/α-hetero) is 1. The van der Waals surface area contributed by atoms with Crippen molar-refractivity contribution < 1.29 is 28.6 Å². The summed E-state index contributed by atoms with van der Waals surface area (Å²) < 4.78 is 16.4. The molecule has 0 saturated carbocycles. The number of hydrogen-bond donors (Lipinski definition) is 1. The zero-order chi connectivity index (χ0) is 25.8. The number of dihydropyridines is 1. The molecule has 0 unspecified atom stereocenters. The van der Waals surface area contributed by atoms with Crippen LogP contribution in [0.25, 0.3) is 0 Å². The van der Waals surface area contributed by atoms with Crippen LogP contribution in [0.5, 0.6) is 5.75 Å². The highest BCUT2D eigenvalue weighted by Crippen LogP contribution is 2.46. The number of carbonyl (C=O) groups excluding carboxylic acids is 3. The van der Waals surface area contributed by atoms with Crippen molar-refractivity contribution in [1.82, 2.24) is 5.32 Å². The number of allylic oxidation sites excluding steroid dienone is 3. The maximum atomic E-state index is 13.8. The number of carbonyl (C=O) groups is 3.